The van der Waals surface area contributed by atoms with E-state index in [1.54, 1.807) is 29.2 Å². The summed E-state index contributed by atoms with van der Waals surface area (Å²) < 4.78 is 33.0. The SMILES string of the molecule is COc1ccc(Cl)cc1S(=O)(=O)Nc1ccc2c(c1)CCN2C(C)=O. The number of carbonyl (C=O) groups excluding carboxylic acids is 1. The van der Waals surface area contributed by atoms with Crippen LogP contribution < -0.4 is 14.4 Å². The van der Waals surface area contributed by atoms with Crippen molar-refractivity contribution in [2.24, 2.45) is 0 Å². The summed E-state index contributed by atoms with van der Waals surface area (Å²) in [5.74, 6) is 0.177. The largest absolute Gasteiger partial charge is 0.495 e. The number of amides is 1. The molecule has 0 aromatic heterocycles. The number of carbonyl (C=O) groups is 1. The molecule has 6 nitrogen and oxygen atoms in total. The van der Waals surface area contributed by atoms with E-state index < -0.39 is 10.0 Å². The number of ether oxygens (including phenoxy) is 1. The van der Waals surface area contributed by atoms with Gasteiger partial charge in [0.1, 0.15) is 10.6 Å². The van der Waals surface area contributed by atoms with Crippen LogP contribution in [-0.2, 0) is 21.2 Å². The molecule has 2 aromatic rings. The van der Waals surface area contributed by atoms with E-state index in [9.17, 15) is 13.2 Å². The Labute approximate surface area is 151 Å². The molecule has 0 fully saturated rings. The Balaban J connectivity index is 1.93. The molecule has 1 heterocycles. The van der Waals surface area contributed by atoms with Crippen LogP contribution in [0.25, 0.3) is 0 Å². The fourth-order valence-corrected chi connectivity index (χ4v) is 4.35. The van der Waals surface area contributed by atoms with Gasteiger partial charge in [0.05, 0.1) is 7.11 Å². The van der Waals surface area contributed by atoms with Gasteiger partial charge in [0, 0.05) is 29.9 Å². The van der Waals surface area contributed by atoms with Gasteiger partial charge in [0.2, 0.25) is 5.91 Å². The first-order valence-electron chi connectivity index (χ1n) is 7.59. The Morgan fingerprint density at radius 1 is 1.24 bits per heavy atom. The van der Waals surface area contributed by atoms with Crippen LogP contribution in [0.4, 0.5) is 11.4 Å². The average Bonchev–Trinajstić information content (AvgIpc) is 2.97. The molecule has 8 heteroatoms. The van der Waals surface area contributed by atoms with Gasteiger partial charge in [0.15, 0.2) is 0 Å². The minimum Gasteiger partial charge on any atom is -0.495 e. The van der Waals surface area contributed by atoms with E-state index >= 15 is 0 Å². The fourth-order valence-electron chi connectivity index (χ4n) is 2.86. The molecule has 3 rings (SSSR count). The van der Waals surface area contributed by atoms with Crippen molar-refractivity contribution in [3.63, 3.8) is 0 Å². The van der Waals surface area contributed by atoms with E-state index in [0.29, 0.717) is 23.7 Å². The number of methoxy groups -OCH3 is 1. The van der Waals surface area contributed by atoms with Gasteiger partial charge in [-0.2, -0.15) is 0 Å². The lowest BCUT2D eigenvalue weighted by Gasteiger charge is -2.16. The highest BCUT2D eigenvalue weighted by Gasteiger charge is 2.24. The van der Waals surface area contributed by atoms with Gasteiger partial charge >= 0.3 is 0 Å². The molecule has 0 saturated carbocycles. The second kappa shape index (κ2) is 6.57. The topological polar surface area (TPSA) is 75.7 Å². The van der Waals surface area contributed by atoms with Gasteiger partial charge in [-0.1, -0.05) is 11.6 Å². The zero-order valence-corrected chi connectivity index (χ0v) is 15.3. The summed E-state index contributed by atoms with van der Waals surface area (Å²) in [6.07, 6.45) is 0.685. The predicted octanol–water partition coefficient (Wildman–Crippen LogP) is 3.06. The molecule has 2 aromatic carbocycles. The van der Waals surface area contributed by atoms with E-state index in [1.165, 1.54) is 26.2 Å². The molecule has 0 saturated heterocycles. The molecule has 1 N–H and O–H groups in total. The maximum Gasteiger partial charge on any atom is 0.265 e. The highest BCUT2D eigenvalue weighted by Crippen LogP contribution is 2.33. The first-order valence-corrected chi connectivity index (χ1v) is 9.45. The third kappa shape index (κ3) is 3.43. The highest BCUT2D eigenvalue weighted by atomic mass is 35.5. The summed E-state index contributed by atoms with van der Waals surface area (Å²) in [5, 5.41) is 0.298. The van der Waals surface area contributed by atoms with Gasteiger partial charge in [0.25, 0.3) is 10.0 Å². The van der Waals surface area contributed by atoms with Crippen molar-refractivity contribution in [2.45, 2.75) is 18.2 Å². The molecule has 0 bridgehead atoms. The number of anilines is 2. The maximum atomic E-state index is 12.7. The van der Waals surface area contributed by atoms with Crippen LogP contribution in [0.5, 0.6) is 5.75 Å². The number of hydrogen-bond donors (Lipinski definition) is 1. The summed E-state index contributed by atoms with van der Waals surface area (Å²) in [4.78, 5) is 13.2. The van der Waals surface area contributed by atoms with Crippen LogP contribution in [0.1, 0.15) is 12.5 Å². The Hall–Kier alpha value is -2.25. The first-order chi connectivity index (χ1) is 11.8. The fraction of sp³-hybridized carbons (Fsp3) is 0.235. The van der Waals surface area contributed by atoms with E-state index in [2.05, 4.69) is 4.72 Å². The Kier molecular flexibility index (Phi) is 4.62. The molecule has 1 amide bonds. The van der Waals surface area contributed by atoms with Gasteiger partial charge < -0.3 is 9.64 Å². The lowest BCUT2D eigenvalue weighted by Crippen LogP contribution is -2.25. The van der Waals surface area contributed by atoms with Crippen molar-refractivity contribution in [2.75, 3.05) is 23.3 Å². The van der Waals surface area contributed by atoms with Crippen molar-refractivity contribution in [1.29, 1.82) is 0 Å². The Bertz CT molecular complexity index is 944. The van der Waals surface area contributed by atoms with Crippen molar-refractivity contribution >= 4 is 38.9 Å². The molecular formula is C17H17ClN2O4S. The second-order valence-corrected chi connectivity index (χ2v) is 7.75. The standard InChI is InChI=1S/C17H17ClN2O4S/c1-11(21)20-8-7-12-9-14(4-5-15(12)20)19-25(22,23)17-10-13(18)3-6-16(17)24-2/h3-6,9-10,19H,7-8H2,1-2H3. The van der Waals surface area contributed by atoms with Crippen LogP contribution in [-0.4, -0.2) is 28.0 Å². The van der Waals surface area contributed by atoms with Crippen LogP contribution in [0.15, 0.2) is 41.3 Å². The lowest BCUT2D eigenvalue weighted by atomic mass is 10.1. The number of hydrogen-bond acceptors (Lipinski definition) is 4. The molecular weight excluding hydrogens is 364 g/mol. The number of sulfonamides is 1. The van der Waals surface area contributed by atoms with Crippen molar-refractivity contribution < 1.29 is 17.9 Å². The van der Waals surface area contributed by atoms with Gasteiger partial charge in [-0.3, -0.25) is 9.52 Å². The molecule has 132 valence electrons. The third-order valence-electron chi connectivity index (χ3n) is 4.02. The van der Waals surface area contributed by atoms with E-state index in [4.69, 9.17) is 16.3 Å². The molecule has 0 radical (unpaired) electrons. The summed E-state index contributed by atoms with van der Waals surface area (Å²) in [5.41, 5.74) is 2.16. The molecule has 1 aliphatic heterocycles. The Morgan fingerprint density at radius 2 is 2.00 bits per heavy atom. The number of benzene rings is 2. The first kappa shape index (κ1) is 17.6. The summed E-state index contributed by atoms with van der Waals surface area (Å²) in [7, 11) is -2.47. The average molecular weight is 381 g/mol. The number of fused-ring (bicyclic) bond motifs is 1. The number of rotatable bonds is 4. The van der Waals surface area contributed by atoms with E-state index in [0.717, 1.165) is 11.3 Å². The van der Waals surface area contributed by atoms with Crippen molar-refractivity contribution in [3.8, 4) is 5.75 Å². The van der Waals surface area contributed by atoms with Crippen LogP contribution in [0.3, 0.4) is 0 Å². The zero-order chi connectivity index (χ0) is 18.2. The van der Waals surface area contributed by atoms with Crippen molar-refractivity contribution in [1.82, 2.24) is 0 Å². The molecule has 1 aliphatic rings. The zero-order valence-electron chi connectivity index (χ0n) is 13.7. The summed E-state index contributed by atoms with van der Waals surface area (Å²) >= 11 is 5.92. The third-order valence-corrected chi connectivity index (χ3v) is 5.66. The lowest BCUT2D eigenvalue weighted by molar-refractivity contribution is -0.116. The summed E-state index contributed by atoms with van der Waals surface area (Å²) in [6.45, 7) is 2.11. The van der Waals surface area contributed by atoms with Crippen LogP contribution in [0.2, 0.25) is 5.02 Å². The number of nitrogens with zero attached hydrogens (tertiary/aromatic N) is 1. The van der Waals surface area contributed by atoms with E-state index in [-0.39, 0.29) is 16.6 Å². The highest BCUT2D eigenvalue weighted by molar-refractivity contribution is 7.92. The quantitative estimate of drug-likeness (QED) is 0.884. The minimum atomic E-state index is -3.87. The molecule has 0 aliphatic carbocycles. The maximum absolute atomic E-state index is 12.7. The second-order valence-electron chi connectivity index (χ2n) is 5.66. The summed E-state index contributed by atoms with van der Waals surface area (Å²) in [6, 6.07) is 9.53. The van der Waals surface area contributed by atoms with Crippen LogP contribution in [0, 0.1) is 0 Å². The molecule has 0 atom stereocenters. The number of nitrogens with one attached hydrogen (secondary N) is 1. The van der Waals surface area contributed by atoms with Gasteiger partial charge in [-0.15, -0.1) is 0 Å². The predicted molar refractivity (Wildman–Crippen MR) is 97.0 cm³/mol. The van der Waals surface area contributed by atoms with E-state index in [1.807, 2.05) is 0 Å². The number of halogens is 1. The molecule has 0 spiro atoms. The molecule has 25 heavy (non-hydrogen) atoms. The van der Waals surface area contributed by atoms with Crippen molar-refractivity contribution in [3.05, 3.63) is 47.0 Å². The monoisotopic (exact) mass is 380 g/mol. The van der Waals surface area contributed by atoms with Gasteiger partial charge in [-0.25, -0.2) is 8.42 Å². The van der Waals surface area contributed by atoms with Gasteiger partial charge in [-0.05, 0) is 48.4 Å². The smallest absolute Gasteiger partial charge is 0.265 e. The normalized spacial score (nSPS) is 13.5. The Morgan fingerprint density at radius 3 is 2.68 bits per heavy atom. The minimum absolute atomic E-state index is 0.0317. The van der Waals surface area contributed by atoms with Crippen LogP contribution >= 0.6 is 11.6 Å². The molecule has 0 unspecified atom stereocenters.